The molecule has 0 aromatic heterocycles. The number of hydrazone groups is 1. The highest BCUT2D eigenvalue weighted by Crippen LogP contribution is 2.25. The summed E-state index contributed by atoms with van der Waals surface area (Å²) in [6.07, 6.45) is 0. The van der Waals surface area contributed by atoms with Gasteiger partial charge in [-0.3, -0.25) is 4.79 Å². The van der Waals surface area contributed by atoms with E-state index in [0.717, 1.165) is 23.7 Å². The SMILES string of the molecule is O=C1NN=C(c2ccc3ccccc3c2)N2CCSC=C12. The largest absolute Gasteiger partial charge is 0.319 e. The lowest BCUT2D eigenvalue weighted by Crippen LogP contribution is -2.45. The maximum absolute atomic E-state index is 11.9. The fraction of sp³-hybridized carbons (Fsp3) is 0.125. The molecule has 5 heteroatoms. The summed E-state index contributed by atoms with van der Waals surface area (Å²) >= 11 is 1.66. The van der Waals surface area contributed by atoms with E-state index < -0.39 is 0 Å². The van der Waals surface area contributed by atoms with Crippen molar-refractivity contribution in [3.8, 4) is 0 Å². The van der Waals surface area contributed by atoms with Crippen molar-refractivity contribution in [2.24, 2.45) is 5.10 Å². The summed E-state index contributed by atoms with van der Waals surface area (Å²) in [5.41, 5.74) is 4.31. The van der Waals surface area contributed by atoms with E-state index in [-0.39, 0.29) is 5.91 Å². The molecule has 0 fully saturated rings. The first kappa shape index (κ1) is 12.5. The Morgan fingerprint density at radius 1 is 1.14 bits per heavy atom. The van der Waals surface area contributed by atoms with Crippen LogP contribution in [0.3, 0.4) is 0 Å². The summed E-state index contributed by atoms with van der Waals surface area (Å²) in [5, 5.41) is 8.55. The number of nitrogens with one attached hydrogen (secondary N) is 1. The van der Waals surface area contributed by atoms with Crippen molar-refractivity contribution in [2.45, 2.75) is 0 Å². The van der Waals surface area contributed by atoms with Gasteiger partial charge in [0.15, 0.2) is 5.84 Å². The number of amides is 1. The monoisotopic (exact) mass is 295 g/mol. The van der Waals surface area contributed by atoms with Gasteiger partial charge in [-0.25, -0.2) is 5.43 Å². The molecule has 0 unspecified atom stereocenters. The van der Waals surface area contributed by atoms with Crippen LogP contribution < -0.4 is 5.43 Å². The zero-order chi connectivity index (χ0) is 14.2. The molecule has 2 aromatic rings. The molecular formula is C16H13N3OS. The van der Waals surface area contributed by atoms with E-state index in [9.17, 15) is 4.79 Å². The van der Waals surface area contributed by atoms with E-state index in [4.69, 9.17) is 0 Å². The van der Waals surface area contributed by atoms with Crippen LogP contribution in [0.2, 0.25) is 0 Å². The summed E-state index contributed by atoms with van der Waals surface area (Å²) in [6, 6.07) is 14.5. The van der Waals surface area contributed by atoms with E-state index in [2.05, 4.69) is 40.9 Å². The van der Waals surface area contributed by atoms with Gasteiger partial charge in [0.05, 0.1) is 0 Å². The van der Waals surface area contributed by atoms with Crippen LogP contribution in [0.4, 0.5) is 0 Å². The Morgan fingerprint density at radius 2 is 2.00 bits per heavy atom. The van der Waals surface area contributed by atoms with Crippen LogP contribution in [0.25, 0.3) is 10.8 Å². The third-order valence-electron chi connectivity index (χ3n) is 3.68. The van der Waals surface area contributed by atoms with Crippen molar-refractivity contribution >= 4 is 34.3 Å². The van der Waals surface area contributed by atoms with Gasteiger partial charge < -0.3 is 4.90 Å². The van der Waals surface area contributed by atoms with E-state index in [1.54, 1.807) is 11.8 Å². The Kier molecular flexibility index (Phi) is 2.93. The molecule has 1 N–H and O–H groups in total. The summed E-state index contributed by atoms with van der Waals surface area (Å²) in [4.78, 5) is 13.9. The minimum absolute atomic E-state index is 0.133. The molecule has 104 valence electrons. The Balaban J connectivity index is 1.82. The Hall–Kier alpha value is -2.27. The number of hydrogen-bond donors (Lipinski definition) is 1. The van der Waals surface area contributed by atoms with E-state index in [1.165, 1.54) is 10.8 Å². The molecule has 4 nitrogen and oxygen atoms in total. The lowest BCUT2D eigenvalue weighted by atomic mass is 10.1. The molecule has 0 spiro atoms. The second-order valence-electron chi connectivity index (χ2n) is 4.96. The molecule has 2 aromatic carbocycles. The second kappa shape index (κ2) is 4.93. The van der Waals surface area contributed by atoms with Crippen LogP contribution in [-0.4, -0.2) is 28.9 Å². The molecule has 21 heavy (non-hydrogen) atoms. The highest BCUT2D eigenvalue weighted by molar-refractivity contribution is 8.02. The normalized spacial score (nSPS) is 17.9. The van der Waals surface area contributed by atoms with Gasteiger partial charge in [-0.15, -0.1) is 11.8 Å². The topological polar surface area (TPSA) is 44.7 Å². The zero-order valence-electron chi connectivity index (χ0n) is 11.2. The first-order valence-electron chi connectivity index (χ1n) is 6.79. The van der Waals surface area contributed by atoms with Gasteiger partial charge in [0.25, 0.3) is 5.91 Å². The first-order valence-corrected chi connectivity index (χ1v) is 7.84. The predicted molar refractivity (Wildman–Crippen MR) is 85.9 cm³/mol. The van der Waals surface area contributed by atoms with Gasteiger partial charge in [-0.1, -0.05) is 36.4 Å². The van der Waals surface area contributed by atoms with Crippen molar-refractivity contribution < 1.29 is 4.79 Å². The highest BCUT2D eigenvalue weighted by atomic mass is 32.2. The number of carbonyl (C=O) groups excluding carboxylic acids is 1. The first-order chi connectivity index (χ1) is 10.3. The molecule has 0 atom stereocenters. The maximum Gasteiger partial charge on any atom is 0.288 e. The van der Waals surface area contributed by atoms with Crippen LogP contribution in [-0.2, 0) is 4.79 Å². The molecule has 0 saturated carbocycles. The van der Waals surface area contributed by atoms with Crippen LogP contribution in [0.1, 0.15) is 5.56 Å². The molecule has 2 aliphatic rings. The molecule has 0 radical (unpaired) electrons. The van der Waals surface area contributed by atoms with Crippen molar-refractivity contribution in [2.75, 3.05) is 12.3 Å². The quantitative estimate of drug-likeness (QED) is 0.879. The minimum atomic E-state index is -0.133. The van der Waals surface area contributed by atoms with E-state index in [1.807, 2.05) is 22.4 Å². The molecule has 2 heterocycles. The average Bonchev–Trinajstić information content (AvgIpc) is 2.55. The van der Waals surface area contributed by atoms with Gasteiger partial charge in [0.1, 0.15) is 5.70 Å². The van der Waals surface area contributed by atoms with Crippen molar-refractivity contribution in [1.82, 2.24) is 10.3 Å². The minimum Gasteiger partial charge on any atom is -0.319 e. The average molecular weight is 295 g/mol. The summed E-state index contributed by atoms with van der Waals surface area (Å²) in [5.74, 6) is 1.64. The fourth-order valence-electron chi connectivity index (χ4n) is 2.63. The molecule has 2 aliphatic heterocycles. The number of nitrogens with zero attached hydrogens (tertiary/aromatic N) is 2. The third kappa shape index (κ3) is 2.10. The summed E-state index contributed by atoms with van der Waals surface area (Å²) in [7, 11) is 0. The lowest BCUT2D eigenvalue weighted by molar-refractivity contribution is -0.119. The van der Waals surface area contributed by atoms with Crippen molar-refractivity contribution in [3.05, 3.63) is 59.1 Å². The number of amidine groups is 1. The van der Waals surface area contributed by atoms with Crippen LogP contribution in [0.15, 0.2) is 58.7 Å². The predicted octanol–water partition coefficient (Wildman–Crippen LogP) is 2.52. The second-order valence-corrected chi connectivity index (χ2v) is 5.94. The number of hydrogen-bond acceptors (Lipinski definition) is 4. The molecule has 0 aliphatic carbocycles. The molecule has 1 amide bonds. The number of benzene rings is 2. The highest BCUT2D eigenvalue weighted by Gasteiger charge is 2.29. The molecule has 0 saturated heterocycles. The Bertz CT molecular complexity index is 797. The van der Waals surface area contributed by atoms with Crippen LogP contribution >= 0.6 is 11.8 Å². The van der Waals surface area contributed by atoms with Gasteiger partial charge in [-0.05, 0) is 16.8 Å². The Morgan fingerprint density at radius 3 is 2.90 bits per heavy atom. The van der Waals surface area contributed by atoms with E-state index >= 15 is 0 Å². The standard InChI is InChI=1S/C16H13N3OS/c20-16-14-10-21-8-7-19(14)15(17-18-16)13-6-5-11-3-1-2-4-12(11)9-13/h1-6,9-10H,7-8H2,(H,18,20). The summed E-state index contributed by atoms with van der Waals surface area (Å²) in [6.45, 7) is 0.801. The third-order valence-corrected chi connectivity index (χ3v) is 4.49. The van der Waals surface area contributed by atoms with Gasteiger partial charge in [0.2, 0.25) is 0 Å². The van der Waals surface area contributed by atoms with Crippen LogP contribution in [0.5, 0.6) is 0 Å². The number of carbonyl (C=O) groups is 1. The van der Waals surface area contributed by atoms with E-state index in [0.29, 0.717) is 5.70 Å². The Labute approximate surface area is 126 Å². The smallest absolute Gasteiger partial charge is 0.288 e. The molecule has 4 rings (SSSR count). The number of rotatable bonds is 1. The summed E-state index contributed by atoms with van der Waals surface area (Å²) < 4.78 is 0. The zero-order valence-corrected chi connectivity index (χ0v) is 12.1. The van der Waals surface area contributed by atoms with Crippen LogP contribution in [0, 0.1) is 0 Å². The van der Waals surface area contributed by atoms with Gasteiger partial charge in [-0.2, -0.15) is 5.10 Å². The van der Waals surface area contributed by atoms with Crippen molar-refractivity contribution in [1.29, 1.82) is 0 Å². The molecular weight excluding hydrogens is 282 g/mol. The molecule has 0 bridgehead atoms. The maximum atomic E-state index is 11.9. The van der Waals surface area contributed by atoms with Gasteiger partial charge in [0, 0.05) is 23.3 Å². The number of fused-ring (bicyclic) bond motifs is 2. The van der Waals surface area contributed by atoms with Crippen molar-refractivity contribution in [3.63, 3.8) is 0 Å². The number of thioether (sulfide) groups is 1. The van der Waals surface area contributed by atoms with Gasteiger partial charge >= 0.3 is 0 Å². The fourth-order valence-corrected chi connectivity index (χ4v) is 3.43. The lowest BCUT2D eigenvalue weighted by Gasteiger charge is -2.33.